The number of phenolic OH excluding ortho intramolecular Hbond substituents is 2. The van der Waals surface area contributed by atoms with Crippen molar-refractivity contribution >= 4 is 0 Å². The molecule has 0 saturated carbocycles. The van der Waals surface area contributed by atoms with Crippen molar-refractivity contribution in [2.75, 3.05) is 20.1 Å². The monoisotopic (exact) mass is 287 g/mol. The van der Waals surface area contributed by atoms with Crippen LogP contribution in [0.2, 0.25) is 0 Å². The van der Waals surface area contributed by atoms with E-state index in [1.807, 2.05) is 30.1 Å². The summed E-state index contributed by atoms with van der Waals surface area (Å²) < 4.78 is 0. The lowest BCUT2D eigenvalue weighted by atomic mass is 10.1. The fourth-order valence-electron chi connectivity index (χ4n) is 2.27. The van der Waals surface area contributed by atoms with Crippen molar-refractivity contribution in [2.24, 2.45) is 0 Å². The fourth-order valence-corrected chi connectivity index (χ4v) is 2.27. The Kier molecular flexibility index (Phi) is 5.20. The normalized spacial score (nSPS) is 12.5. The van der Waals surface area contributed by atoms with E-state index >= 15 is 0 Å². The first kappa shape index (κ1) is 15.4. The number of hydrogen-bond acceptors (Lipinski definition) is 4. The van der Waals surface area contributed by atoms with Gasteiger partial charge in [0.25, 0.3) is 0 Å². The Balaban J connectivity index is 1.88. The first-order valence-corrected chi connectivity index (χ1v) is 6.98. The molecule has 2 aromatic rings. The molecule has 0 amide bonds. The molecular formula is C17H21NO3. The lowest BCUT2D eigenvalue weighted by Gasteiger charge is -2.21. The third kappa shape index (κ3) is 4.77. The predicted octanol–water partition coefficient (Wildman–Crippen LogP) is 2.31. The van der Waals surface area contributed by atoms with E-state index in [4.69, 9.17) is 0 Å². The molecule has 0 unspecified atom stereocenters. The van der Waals surface area contributed by atoms with Crippen molar-refractivity contribution in [3.63, 3.8) is 0 Å². The maximum Gasteiger partial charge on any atom is 0.119 e. The Hall–Kier alpha value is -2.04. The molecule has 112 valence electrons. The highest BCUT2D eigenvalue weighted by molar-refractivity contribution is 5.37. The molecule has 0 saturated heterocycles. The van der Waals surface area contributed by atoms with Crippen LogP contribution in [-0.4, -0.2) is 40.4 Å². The van der Waals surface area contributed by atoms with Gasteiger partial charge in [-0.3, -0.25) is 0 Å². The lowest BCUT2D eigenvalue weighted by molar-refractivity contribution is 0.127. The van der Waals surface area contributed by atoms with E-state index in [0.717, 1.165) is 13.0 Å². The minimum atomic E-state index is -0.747. The summed E-state index contributed by atoms with van der Waals surface area (Å²) in [6.07, 6.45) is 0.166. The molecule has 3 N–H and O–H groups in total. The fraction of sp³-hybridized carbons (Fsp3) is 0.294. The van der Waals surface area contributed by atoms with Gasteiger partial charge in [-0.1, -0.05) is 30.3 Å². The van der Waals surface area contributed by atoms with E-state index in [1.165, 1.54) is 23.8 Å². The van der Waals surface area contributed by atoms with Gasteiger partial charge in [0.1, 0.15) is 11.5 Å². The molecule has 0 aromatic heterocycles. The quantitative estimate of drug-likeness (QED) is 0.763. The summed E-state index contributed by atoms with van der Waals surface area (Å²) in [5, 5.41) is 29.1. The van der Waals surface area contributed by atoms with Crippen molar-refractivity contribution in [1.82, 2.24) is 4.90 Å². The summed E-state index contributed by atoms with van der Waals surface area (Å²) >= 11 is 0. The minimum Gasteiger partial charge on any atom is -0.508 e. The Morgan fingerprint density at radius 2 is 1.62 bits per heavy atom. The molecule has 0 heterocycles. The summed E-state index contributed by atoms with van der Waals surface area (Å²) in [6, 6.07) is 14.4. The van der Waals surface area contributed by atoms with Crippen LogP contribution in [0.4, 0.5) is 0 Å². The SMILES string of the molecule is CN(CCc1ccccc1)C[C@H](O)c1cc(O)cc(O)c1. The number of phenols is 2. The zero-order chi connectivity index (χ0) is 15.2. The second-order valence-corrected chi connectivity index (χ2v) is 5.30. The highest BCUT2D eigenvalue weighted by Gasteiger charge is 2.12. The first-order valence-electron chi connectivity index (χ1n) is 6.98. The van der Waals surface area contributed by atoms with Crippen LogP contribution in [0.25, 0.3) is 0 Å². The van der Waals surface area contributed by atoms with E-state index in [0.29, 0.717) is 12.1 Å². The standard InChI is InChI=1S/C17H21NO3/c1-18(8-7-13-5-3-2-4-6-13)12-17(21)14-9-15(19)11-16(20)10-14/h2-6,9-11,17,19-21H,7-8,12H2,1H3/t17-/m0/s1. The smallest absolute Gasteiger partial charge is 0.119 e. The van der Waals surface area contributed by atoms with Crippen molar-refractivity contribution in [3.05, 3.63) is 59.7 Å². The highest BCUT2D eigenvalue weighted by atomic mass is 16.3. The van der Waals surface area contributed by atoms with Crippen LogP contribution in [-0.2, 0) is 6.42 Å². The van der Waals surface area contributed by atoms with Crippen LogP contribution in [0.5, 0.6) is 11.5 Å². The molecule has 1 atom stereocenters. The first-order chi connectivity index (χ1) is 10.0. The van der Waals surface area contributed by atoms with Gasteiger partial charge in [-0.05, 0) is 36.7 Å². The van der Waals surface area contributed by atoms with E-state index < -0.39 is 6.10 Å². The van der Waals surface area contributed by atoms with Gasteiger partial charge in [0.2, 0.25) is 0 Å². The van der Waals surface area contributed by atoms with E-state index in [-0.39, 0.29) is 11.5 Å². The molecule has 0 spiro atoms. The molecule has 4 heteroatoms. The summed E-state index contributed by atoms with van der Waals surface area (Å²) in [7, 11) is 1.94. The summed E-state index contributed by atoms with van der Waals surface area (Å²) in [4.78, 5) is 2.03. The van der Waals surface area contributed by atoms with Gasteiger partial charge in [-0.2, -0.15) is 0 Å². The Labute approximate surface area is 124 Å². The number of aliphatic hydroxyl groups excluding tert-OH is 1. The van der Waals surface area contributed by atoms with Gasteiger partial charge in [0.05, 0.1) is 6.10 Å². The Morgan fingerprint density at radius 3 is 2.24 bits per heavy atom. The van der Waals surface area contributed by atoms with Gasteiger partial charge in [-0.25, -0.2) is 0 Å². The van der Waals surface area contributed by atoms with Crippen molar-refractivity contribution in [2.45, 2.75) is 12.5 Å². The van der Waals surface area contributed by atoms with Crippen LogP contribution in [0, 0.1) is 0 Å². The molecule has 0 aliphatic heterocycles. The molecule has 0 bridgehead atoms. The number of likely N-dealkylation sites (N-methyl/N-ethyl adjacent to an activating group) is 1. The lowest BCUT2D eigenvalue weighted by Crippen LogP contribution is -2.26. The van der Waals surface area contributed by atoms with Gasteiger partial charge < -0.3 is 20.2 Å². The number of hydrogen-bond donors (Lipinski definition) is 3. The van der Waals surface area contributed by atoms with E-state index in [9.17, 15) is 15.3 Å². The van der Waals surface area contributed by atoms with Crippen LogP contribution >= 0.6 is 0 Å². The second kappa shape index (κ2) is 7.11. The minimum absolute atomic E-state index is 0.0454. The number of benzene rings is 2. The predicted molar refractivity (Wildman–Crippen MR) is 82.4 cm³/mol. The number of aliphatic hydroxyl groups is 1. The Bertz CT molecular complexity index is 551. The van der Waals surface area contributed by atoms with Gasteiger partial charge in [0.15, 0.2) is 0 Å². The average Bonchev–Trinajstić information content (AvgIpc) is 2.45. The van der Waals surface area contributed by atoms with Crippen LogP contribution in [0.3, 0.4) is 0 Å². The molecule has 0 aliphatic rings. The largest absolute Gasteiger partial charge is 0.508 e. The van der Waals surface area contributed by atoms with Gasteiger partial charge in [-0.15, -0.1) is 0 Å². The van der Waals surface area contributed by atoms with Crippen LogP contribution in [0.15, 0.2) is 48.5 Å². The van der Waals surface area contributed by atoms with Crippen LogP contribution < -0.4 is 0 Å². The van der Waals surface area contributed by atoms with Gasteiger partial charge in [0, 0.05) is 19.2 Å². The van der Waals surface area contributed by atoms with E-state index in [2.05, 4.69) is 12.1 Å². The maximum absolute atomic E-state index is 10.2. The number of rotatable bonds is 6. The van der Waals surface area contributed by atoms with Crippen molar-refractivity contribution in [1.29, 1.82) is 0 Å². The topological polar surface area (TPSA) is 63.9 Å². The number of nitrogens with zero attached hydrogens (tertiary/aromatic N) is 1. The zero-order valence-corrected chi connectivity index (χ0v) is 12.1. The maximum atomic E-state index is 10.2. The molecule has 2 aromatic carbocycles. The summed E-state index contributed by atoms with van der Waals surface area (Å²) in [5.74, 6) is -0.0908. The Morgan fingerprint density at radius 1 is 1.00 bits per heavy atom. The molecule has 0 aliphatic carbocycles. The third-order valence-electron chi connectivity index (χ3n) is 3.42. The molecule has 0 radical (unpaired) electrons. The summed E-state index contributed by atoms with van der Waals surface area (Å²) in [6.45, 7) is 1.27. The van der Waals surface area contributed by atoms with Gasteiger partial charge >= 0.3 is 0 Å². The number of aromatic hydroxyl groups is 2. The molecule has 2 rings (SSSR count). The van der Waals surface area contributed by atoms with Crippen molar-refractivity contribution < 1.29 is 15.3 Å². The van der Waals surface area contributed by atoms with Crippen LogP contribution in [0.1, 0.15) is 17.2 Å². The zero-order valence-electron chi connectivity index (χ0n) is 12.1. The molecular weight excluding hydrogens is 266 g/mol. The third-order valence-corrected chi connectivity index (χ3v) is 3.42. The summed E-state index contributed by atoms with van der Waals surface area (Å²) in [5.41, 5.74) is 1.77. The highest BCUT2D eigenvalue weighted by Crippen LogP contribution is 2.25. The molecule has 21 heavy (non-hydrogen) atoms. The average molecular weight is 287 g/mol. The second-order valence-electron chi connectivity index (χ2n) is 5.30. The van der Waals surface area contributed by atoms with Crippen molar-refractivity contribution in [3.8, 4) is 11.5 Å². The van der Waals surface area contributed by atoms with E-state index in [1.54, 1.807) is 0 Å². The molecule has 4 nitrogen and oxygen atoms in total. The molecule has 0 fully saturated rings.